The van der Waals surface area contributed by atoms with Crippen molar-refractivity contribution in [3.63, 3.8) is 0 Å². The van der Waals surface area contributed by atoms with E-state index in [-0.39, 0.29) is 6.04 Å². The van der Waals surface area contributed by atoms with Gasteiger partial charge in [-0.2, -0.15) is 0 Å². The summed E-state index contributed by atoms with van der Waals surface area (Å²) in [6.07, 6.45) is -1.04. The molecule has 26 heavy (non-hydrogen) atoms. The summed E-state index contributed by atoms with van der Waals surface area (Å²) in [5.74, 6) is 1.60. The van der Waals surface area contributed by atoms with Crippen LogP contribution in [-0.2, 0) is 6.54 Å². The molecule has 0 spiro atoms. The van der Waals surface area contributed by atoms with Crippen LogP contribution in [-0.4, -0.2) is 16.3 Å². The number of aliphatic hydroxyl groups excluding tert-OH is 2. The fourth-order valence-corrected chi connectivity index (χ4v) is 2.87. The molecule has 0 fully saturated rings. The Balaban J connectivity index is 1.60. The van der Waals surface area contributed by atoms with Gasteiger partial charge in [0.1, 0.15) is 11.5 Å². The molecule has 0 saturated carbocycles. The average molecular weight is 351 g/mol. The van der Waals surface area contributed by atoms with Crippen LogP contribution in [0.15, 0.2) is 71.1 Å². The van der Waals surface area contributed by atoms with Gasteiger partial charge in [0, 0.05) is 11.6 Å². The molecule has 0 aliphatic carbocycles. The zero-order valence-corrected chi connectivity index (χ0v) is 15.1. The lowest BCUT2D eigenvalue weighted by Crippen LogP contribution is -2.31. The first kappa shape index (κ1) is 18.4. The molecule has 3 atom stereocenters. The number of rotatable bonds is 7. The maximum Gasteiger partial charge on any atom is 0.134 e. The van der Waals surface area contributed by atoms with Crippen LogP contribution in [0.2, 0.25) is 0 Å². The fourth-order valence-electron chi connectivity index (χ4n) is 2.87. The standard InChI is InChI=1S/C22H25NO3/c1-15(22(25)19-6-4-3-5-7-19)23-14-20-12-13-21(26-20)18-10-8-17(9-11-18)16(2)24/h3-13,15-16,22-25H,14H2,1-2H3/t15-,16-,22+/m0/s1. The lowest BCUT2D eigenvalue weighted by molar-refractivity contribution is 0.134. The van der Waals surface area contributed by atoms with Gasteiger partial charge in [-0.25, -0.2) is 0 Å². The third kappa shape index (κ3) is 4.41. The third-order valence-corrected chi connectivity index (χ3v) is 4.55. The van der Waals surface area contributed by atoms with Gasteiger partial charge >= 0.3 is 0 Å². The lowest BCUT2D eigenvalue weighted by atomic mass is 10.0. The van der Waals surface area contributed by atoms with Crippen molar-refractivity contribution < 1.29 is 14.6 Å². The van der Waals surface area contributed by atoms with Crippen LogP contribution in [0.4, 0.5) is 0 Å². The highest BCUT2D eigenvalue weighted by molar-refractivity contribution is 5.58. The first-order chi connectivity index (χ1) is 12.5. The topological polar surface area (TPSA) is 65.6 Å². The van der Waals surface area contributed by atoms with E-state index in [0.717, 1.165) is 28.2 Å². The van der Waals surface area contributed by atoms with Gasteiger partial charge in [0.25, 0.3) is 0 Å². The van der Waals surface area contributed by atoms with Gasteiger partial charge in [-0.3, -0.25) is 0 Å². The maximum absolute atomic E-state index is 10.4. The Morgan fingerprint density at radius 3 is 2.19 bits per heavy atom. The van der Waals surface area contributed by atoms with E-state index in [1.54, 1.807) is 6.92 Å². The van der Waals surface area contributed by atoms with E-state index in [9.17, 15) is 10.2 Å². The van der Waals surface area contributed by atoms with Gasteiger partial charge in [0.05, 0.1) is 18.8 Å². The van der Waals surface area contributed by atoms with Crippen molar-refractivity contribution in [2.24, 2.45) is 0 Å². The SMILES string of the molecule is C[C@H](O)c1ccc(-c2ccc(CN[C@@H](C)[C@@H](O)c3ccccc3)o2)cc1. The van der Waals surface area contributed by atoms with Gasteiger partial charge in [-0.15, -0.1) is 0 Å². The molecule has 0 aliphatic rings. The van der Waals surface area contributed by atoms with Crippen LogP contribution < -0.4 is 5.32 Å². The molecule has 2 aromatic carbocycles. The Morgan fingerprint density at radius 2 is 1.54 bits per heavy atom. The number of hydrogen-bond acceptors (Lipinski definition) is 4. The van der Waals surface area contributed by atoms with E-state index in [2.05, 4.69) is 5.32 Å². The van der Waals surface area contributed by atoms with E-state index in [4.69, 9.17) is 4.42 Å². The first-order valence-electron chi connectivity index (χ1n) is 8.88. The average Bonchev–Trinajstić information content (AvgIpc) is 3.15. The molecule has 0 aliphatic heterocycles. The summed E-state index contributed by atoms with van der Waals surface area (Å²) >= 11 is 0. The highest BCUT2D eigenvalue weighted by Crippen LogP contribution is 2.24. The van der Waals surface area contributed by atoms with Crippen LogP contribution in [0.1, 0.15) is 42.9 Å². The van der Waals surface area contributed by atoms with E-state index >= 15 is 0 Å². The predicted octanol–water partition coefficient (Wildman–Crippen LogP) is 4.21. The Kier molecular flexibility index (Phi) is 5.89. The van der Waals surface area contributed by atoms with Crippen LogP contribution >= 0.6 is 0 Å². The molecule has 4 nitrogen and oxygen atoms in total. The molecule has 0 unspecified atom stereocenters. The van der Waals surface area contributed by atoms with Gasteiger partial charge in [0.15, 0.2) is 0 Å². The van der Waals surface area contributed by atoms with Crippen molar-refractivity contribution in [2.75, 3.05) is 0 Å². The second kappa shape index (κ2) is 8.32. The normalized spacial score (nSPS) is 14.8. The summed E-state index contributed by atoms with van der Waals surface area (Å²) in [6, 6.07) is 21.1. The molecule has 0 bridgehead atoms. The summed E-state index contributed by atoms with van der Waals surface area (Å²) in [5, 5.41) is 23.3. The van der Waals surface area contributed by atoms with E-state index in [1.807, 2.05) is 73.7 Å². The zero-order valence-electron chi connectivity index (χ0n) is 15.1. The fraction of sp³-hybridized carbons (Fsp3) is 0.273. The number of benzene rings is 2. The minimum Gasteiger partial charge on any atom is -0.460 e. The summed E-state index contributed by atoms with van der Waals surface area (Å²) in [4.78, 5) is 0. The molecular formula is C22H25NO3. The van der Waals surface area contributed by atoms with Crippen molar-refractivity contribution >= 4 is 0 Å². The van der Waals surface area contributed by atoms with Crippen molar-refractivity contribution in [1.82, 2.24) is 5.32 Å². The van der Waals surface area contributed by atoms with Crippen LogP contribution in [0, 0.1) is 0 Å². The third-order valence-electron chi connectivity index (χ3n) is 4.55. The number of nitrogens with one attached hydrogen (secondary N) is 1. The Hall–Kier alpha value is -2.40. The largest absolute Gasteiger partial charge is 0.460 e. The van der Waals surface area contributed by atoms with Crippen LogP contribution in [0.3, 0.4) is 0 Å². The Morgan fingerprint density at radius 1 is 0.846 bits per heavy atom. The zero-order chi connectivity index (χ0) is 18.5. The van der Waals surface area contributed by atoms with Crippen molar-refractivity contribution in [1.29, 1.82) is 0 Å². The lowest BCUT2D eigenvalue weighted by Gasteiger charge is -2.20. The number of hydrogen-bond donors (Lipinski definition) is 3. The molecule has 4 heteroatoms. The Bertz CT molecular complexity index is 809. The molecule has 0 radical (unpaired) electrons. The molecule has 1 heterocycles. The highest BCUT2D eigenvalue weighted by Gasteiger charge is 2.16. The summed E-state index contributed by atoms with van der Waals surface area (Å²) in [6.45, 7) is 4.24. The number of furan rings is 1. The van der Waals surface area contributed by atoms with Gasteiger partial charge in [-0.1, -0.05) is 54.6 Å². The minimum atomic E-state index is -0.571. The smallest absolute Gasteiger partial charge is 0.134 e. The summed E-state index contributed by atoms with van der Waals surface area (Å²) in [5.41, 5.74) is 2.75. The molecule has 136 valence electrons. The Labute approximate surface area is 154 Å². The van der Waals surface area contributed by atoms with Gasteiger partial charge < -0.3 is 19.9 Å². The highest BCUT2D eigenvalue weighted by atomic mass is 16.3. The molecule has 0 amide bonds. The summed E-state index contributed by atoms with van der Waals surface area (Å²) in [7, 11) is 0. The minimum absolute atomic E-state index is 0.101. The molecule has 3 aromatic rings. The molecule has 1 aromatic heterocycles. The van der Waals surface area contributed by atoms with Crippen molar-refractivity contribution in [3.05, 3.63) is 83.6 Å². The van der Waals surface area contributed by atoms with Crippen molar-refractivity contribution in [2.45, 2.75) is 38.6 Å². The maximum atomic E-state index is 10.4. The second-order valence-corrected chi connectivity index (χ2v) is 6.59. The molecule has 0 saturated heterocycles. The van der Waals surface area contributed by atoms with Gasteiger partial charge in [0.2, 0.25) is 0 Å². The molecule has 3 rings (SSSR count). The quantitative estimate of drug-likeness (QED) is 0.596. The summed E-state index contributed by atoms with van der Waals surface area (Å²) < 4.78 is 5.90. The van der Waals surface area contributed by atoms with Crippen molar-refractivity contribution in [3.8, 4) is 11.3 Å². The second-order valence-electron chi connectivity index (χ2n) is 6.59. The first-order valence-corrected chi connectivity index (χ1v) is 8.88. The number of aliphatic hydroxyl groups is 2. The van der Waals surface area contributed by atoms with Crippen LogP contribution in [0.25, 0.3) is 11.3 Å². The monoisotopic (exact) mass is 351 g/mol. The molecule has 3 N–H and O–H groups in total. The van der Waals surface area contributed by atoms with E-state index in [1.165, 1.54) is 0 Å². The van der Waals surface area contributed by atoms with E-state index in [0.29, 0.717) is 6.54 Å². The van der Waals surface area contributed by atoms with Gasteiger partial charge in [-0.05, 0) is 37.1 Å². The molecular weight excluding hydrogens is 326 g/mol. The predicted molar refractivity (Wildman–Crippen MR) is 102 cm³/mol. The van der Waals surface area contributed by atoms with Crippen LogP contribution in [0.5, 0.6) is 0 Å². The van der Waals surface area contributed by atoms with E-state index < -0.39 is 12.2 Å².